The summed E-state index contributed by atoms with van der Waals surface area (Å²) in [5, 5.41) is 0. The molecule has 0 aliphatic rings. The molecule has 3 heteroatoms. The standard InChI is InChI=1S/C17H25N3/c1-5-11-20-15(18)14(12-17(2,3)4)19-16(20)13-9-7-6-8-10-13/h6-10H,5,11-12,18H2,1-4H3. The Morgan fingerprint density at radius 3 is 2.35 bits per heavy atom. The van der Waals surface area contributed by atoms with Crippen molar-refractivity contribution < 1.29 is 0 Å². The molecule has 0 saturated carbocycles. The van der Waals surface area contributed by atoms with Crippen LogP contribution in [-0.4, -0.2) is 9.55 Å². The molecule has 2 rings (SSSR count). The van der Waals surface area contributed by atoms with Gasteiger partial charge in [0.2, 0.25) is 0 Å². The second-order valence-electron chi connectivity index (χ2n) is 6.52. The molecule has 0 spiro atoms. The van der Waals surface area contributed by atoms with Crippen molar-refractivity contribution in [3.05, 3.63) is 36.0 Å². The van der Waals surface area contributed by atoms with Gasteiger partial charge in [-0.3, -0.25) is 0 Å². The predicted molar refractivity (Wildman–Crippen MR) is 85.5 cm³/mol. The fourth-order valence-corrected chi connectivity index (χ4v) is 2.41. The van der Waals surface area contributed by atoms with Crippen LogP contribution in [0.25, 0.3) is 11.4 Å². The van der Waals surface area contributed by atoms with Crippen molar-refractivity contribution in [1.82, 2.24) is 9.55 Å². The minimum atomic E-state index is 0.188. The first-order chi connectivity index (χ1) is 9.42. The fraction of sp³-hybridized carbons (Fsp3) is 0.471. The van der Waals surface area contributed by atoms with E-state index in [4.69, 9.17) is 10.7 Å². The van der Waals surface area contributed by atoms with Crippen molar-refractivity contribution in [2.75, 3.05) is 5.73 Å². The zero-order valence-electron chi connectivity index (χ0n) is 13.0. The topological polar surface area (TPSA) is 43.8 Å². The van der Waals surface area contributed by atoms with Crippen molar-refractivity contribution in [3.8, 4) is 11.4 Å². The highest BCUT2D eigenvalue weighted by molar-refractivity contribution is 5.60. The molecule has 0 aliphatic carbocycles. The molecule has 0 saturated heterocycles. The lowest BCUT2D eigenvalue weighted by Crippen LogP contribution is -2.12. The molecule has 20 heavy (non-hydrogen) atoms. The number of nitrogens with zero attached hydrogens (tertiary/aromatic N) is 2. The summed E-state index contributed by atoms with van der Waals surface area (Å²) in [6, 6.07) is 10.3. The summed E-state index contributed by atoms with van der Waals surface area (Å²) >= 11 is 0. The maximum atomic E-state index is 6.34. The van der Waals surface area contributed by atoms with Crippen molar-refractivity contribution >= 4 is 5.82 Å². The monoisotopic (exact) mass is 271 g/mol. The Morgan fingerprint density at radius 2 is 1.80 bits per heavy atom. The zero-order valence-corrected chi connectivity index (χ0v) is 13.0. The van der Waals surface area contributed by atoms with Crippen molar-refractivity contribution in [2.24, 2.45) is 5.41 Å². The third-order valence-corrected chi connectivity index (χ3v) is 3.26. The maximum Gasteiger partial charge on any atom is 0.141 e. The summed E-state index contributed by atoms with van der Waals surface area (Å²) in [4.78, 5) is 4.82. The summed E-state index contributed by atoms with van der Waals surface area (Å²) in [5.74, 6) is 1.81. The van der Waals surface area contributed by atoms with E-state index >= 15 is 0 Å². The molecule has 1 aromatic carbocycles. The fourth-order valence-electron chi connectivity index (χ4n) is 2.41. The number of rotatable bonds is 4. The molecule has 1 heterocycles. The smallest absolute Gasteiger partial charge is 0.141 e. The van der Waals surface area contributed by atoms with E-state index in [9.17, 15) is 0 Å². The summed E-state index contributed by atoms with van der Waals surface area (Å²) in [6.07, 6.45) is 1.95. The number of benzene rings is 1. The summed E-state index contributed by atoms with van der Waals surface area (Å²) in [6.45, 7) is 9.72. The quantitative estimate of drug-likeness (QED) is 0.908. The van der Waals surface area contributed by atoms with Crippen LogP contribution in [0.2, 0.25) is 0 Å². The molecule has 0 unspecified atom stereocenters. The molecule has 0 aliphatic heterocycles. The van der Waals surface area contributed by atoms with E-state index in [1.165, 1.54) is 0 Å². The molecule has 108 valence electrons. The normalized spacial score (nSPS) is 11.8. The number of anilines is 1. The van der Waals surface area contributed by atoms with E-state index < -0.39 is 0 Å². The van der Waals surface area contributed by atoms with E-state index in [0.29, 0.717) is 0 Å². The van der Waals surface area contributed by atoms with Gasteiger partial charge in [0.15, 0.2) is 0 Å². The SMILES string of the molecule is CCCn1c(-c2ccccc2)nc(CC(C)(C)C)c1N. The van der Waals surface area contributed by atoms with E-state index in [1.807, 2.05) is 18.2 Å². The minimum absolute atomic E-state index is 0.188. The first-order valence-electron chi connectivity index (χ1n) is 7.32. The van der Waals surface area contributed by atoms with E-state index in [2.05, 4.69) is 44.4 Å². The van der Waals surface area contributed by atoms with Gasteiger partial charge in [-0.2, -0.15) is 0 Å². The van der Waals surface area contributed by atoms with Gasteiger partial charge in [0, 0.05) is 12.1 Å². The number of nitrogens with two attached hydrogens (primary N) is 1. The number of imidazole rings is 1. The largest absolute Gasteiger partial charge is 0.384 e. The highest BCUT2D eigenvalue weighted by Gasteiger charge is 2.20. The number of hydrogen-bond acceptors (Lipinski definition) is 2. The lowest BCUT2D eigenvalue weighted by molar-refractivity contribution is 0.407. The van der Waals surface area contributed by atoms with Gasteiger partial charge in [0.25, 0.3) is 0 Å². The Balaban J connectivity index is 2.48. The van der Waals surface area contributed by atoms with Gasteiger partial charge >= 0.3 is 0 Å². The second-order valence-corrected chi connectivity index (χ2v) is 6.52. The van der Waals surface area contributed by atoms with Gasteiger partial charge in [-0.1, -0.05) is 58.0 Å². The Bertz CT molecular complexity index is 562. The van der Waals surface area contributed by atoms with Gasteiger partial charge in [-0.25, -0.2) is 4.98 Å². The van der Waals surface area contributed by atoms with Gasteiger partial charge < -0.3 is 10.3 Å². The van der Waals surface area contributed by atoms with Crippen molar-refractivity contribution in [2.45, 2.75) is 47.1 Å². The molecule has 3 nitrogen and oxygen atoms in total. The van der Waals surface area contributed by atoms with Crippen molar-refractivity contribution in [3.63, 3.8) is 0 Å². The molecule has 0 fully saturated rings. The molecule has 0 atom stereocenters. The van der Waals surface area contributed by atoms with Gasteiger partial charge in [0.05, 0.1) is 5.69 Å². The first-order valence-corrected chi connectivity index (χ1v) is 7.32. The third kappa shape index (κ3) is 3.21. The van der Waals surface area contributed by atoms with Crippen LogP contribution >= 0.6 is 0 Å². The molecule has 2 aromatic rings. The van der Waals surface area contributed by atoms with E-state index in [0.717, 1.165) is 42.3 Å². The third-order valence-electron chi connectivity index (χ3n) is 3.26. The van der Waals surface area contributed by atoms with Crippen molar-refractivity contribution in [1.29, 1.82) is 0 Å². The highest BCUT2D eigenvalue weighted by atomic mass is 15.1. The molecule has 0 bridgehead atoms. The average molecular weight is 271 g/mol. The maximum absolute atomic E-state index is 6.34. The minimum Gasteiger partial charge on any atom is -0.384 e. The lowest BCUT2D eigenvalue weighted by atomic mass is 9.90. The lowest BCUT2D eigenvalue weighted by Gasteiger charge is -2.16. The number of hydrogen-bond donors (Lipinski definition) is 1. The van der Waals surface area contributed by atoms with Crippen LogP contribution in [0, 0.1) is 5.41 Å². The summed E-state index contributed by atoms with van der Waals surface area (Å²) in [7, 11) is 0. The van der Waals surface area contributed by atoms with Crippen LogP contribution in [0.15, 0.2) is 30.3 Å². The Kier molecular flexibility index (Phi) is 4.17. The van der Waals surface area contributed by atoms with E-state index in [-0.39, 0.29) is 5.41 Å². The Morgan fingerprint density at radius 1 is 1.15 bits per heavy atom. The molecular weight excluding hydrogens is 246 g/mol. The summed E-state index contributed by atoms with van der Waals surface area (Å²) in [5.41, 5.74) is 8.67. The molecule has 0 amide bonds. The molecule has 1 aromatic heterocycles. The number of aromatic nitrogens is 2. The molecular formula is C17H25N3. The average Bonchev–Trinajstić information content (AvgIpc) is 2.67. The van der Waals surface area contributed by atoms with Crippen LogP contribution in [0.1, 0.15) is 39.8 Å². The first kappa shape index (κ1) is 14.6. The van der Waals surface area contributed by atoms with Crippen LogP contribution in [0.5, 0.6) is 0 Å². The van der Waals surface area contributed by atoms with Crippen LogP contribution in [0.4, 0.5) is 5.82 Å². The van der Waals surface area contributed by atoms with Gasteiger partial charge in [-0.15, -0.1) is 0 Å². The molecule has 2 N–H and O–H groups in total. The van der Waals surface area contributed by atoms with Crippen LogP contribution in [0.3, 0.4) is 0 Å². The van der Waals surface area contributed by atoms with Gasteiger partial charge in [-0.05, 0) is 18.3 Å². The zero-order chi connectivity index (χ0) is 14.8. The molecule has 0 radical (unpaired) electrons. The summed E-state index contributed by atoms with van der Waals surface area (Å²) < 4.78 is 2.15. The second kappa shape index (κ2) is 5.70. The Labute approximate surface area is 121 Å². The number of nitrogen functional groups attached to an aromatic ring is 1. The van der Waals surface area contributed by atoms with Gasteiger partial charge in [0.1, 0.15) is 11.6 Å². The van der Waals surface area contributed by atoms with Crippen LogP contribution in [-0.2, 0) is 13.0 Å². The highest BCUT2D eigenvalue weighted by Crippen LogP contribution is 2.29. The van der Waals surface area contributed by atoms with E-state index in [1.54, 1.807) is 0 Å². The predicted octanol–water partition coefficient (Wildman–Crippen LogP) is 4.13. The van der Waals surface area contributed by atoms with Crippen LogP contribution < -0.4 is 5.73 Å². The Hall–Kier alpha value is -1.77.